The van der Waals surface area contributed by atoms with Gasteiger partial charge >= 0.3 is 5.97 Å². The molecule has 0 bridgehead atoms. The Morgan fingerprint density at radius 1 is 1.39 bits per heavy atom. The number of aryl methyl sites for hydroxylation is 1. The molecule has 1 aliphatic heterocycles. The van der Waals surface area contributed by atoms with E-state index in [1.807, 2.05) is 0 Å². The third-order valence-electron chi connectivity index (χ3n) is 2.82. The Kier molecular flexibility index (Phi) is 2.22. The molecule has 1 N–H and O–H groups in total. The molecule has 0 aliphatic carbocycles. The third kappa shape index (κ3) is 1.50. The fourth-order valence-corrected chi connectivity index (χ4v) is 1.98. The van der Waals surface area contributed by atoms with Crippen LogP contribution in [0.4, 0.5) is 0 Å². The number of carboxylic acids is 1. The highest BCUT2D eigenvalue weighted by Crippen LogP contribution is 2.36. The van der Waals surface area contributed by atoms with E-state index in [0.29, 0.717) is 17.2 Å². The lowest BCUT2D eigenvalue weighted by Gasteiger charge is -2.05. The molecule has 0 unspecified atom stereocenters. The first-order valence-electron chi connectivity index (χ1n) is 5.32. The number of hydrogen-bond donors (Lipinski definition) is 1. The topological polar surface area (TPSA) is 73.6 Å². The largest absolute Gasteiger partial charge is 0.478 e. The molecule has 0 saturated heterocycles. The highest BCUT2D eigenvalue weighted by molar-refractivity contribution is 5.94. The Hall–Kier alpha value is -2.50. The van der Waals surface area contributed by atoms with E-state index >= 15 is 0 Å². The van der Waals surface area contributed by atoms with Crippen LogP contribution in [-0.4, -0.2) is 27.6 Å². The van der Waals surface area contributed by atoms with Gasteiger partial charge in [-0.15, -0.1) is 0 Å². The molecular formula is C12H10N2O4. The molecule has 2 aromatic rings. The average Bonchev–Trinajstić information content (AvgIpc) is 2.93. The van der Waals surface area contributed by atoms with Crippen molar-refractivity contribution in [1.29, 1.82) is 0 Å². The molecule has 0 saturated carbocycles. The van der Waals surface area contributed by atoms with Crippen LogP contribution in [0.15, 0.2) is 24.4 Å². The number of hydrogen-bond acceptors (Lipinski definition) is 4. The summed E-state index contributed by atoms with van der Waals surface area (Å²) in [5.41, 5.74) is 1.44. The first kappa shape index (κ1) is 10.6. The maximum atomic E-state index is 11.1. The number of ether oxygens (including phenoxy) is 2. The summed E-state index contributed by atoms with van der Waals surface area (Å²) in [6.07, 6.45) is 1.34. The van der Waals surface area contributed by atoms with Crippen molar-refractivity contribution in [3.63, 3.8) is 0 Å². The number of aromatic carboxylic acids is 1. The van der Waals surface area contributed by atoms with Gasteiger partial charge < -0.3 is 14.6 Å². The molecular weight excluding hydrogens is 236 g/mol. The number of carboxylic acid groups (broad SMARTS) is 1. The number of carbonyl (C=O) groups is 1. The lowest BCUT2D eigenvalue weighted by atomic mass is 10.1. The Morgan fingerprint density at radius 2 is 2.17 bits per heavy atom. The second-order valence-electron chi connectivity index (χ2n) is 3.90. The zero-order valence-electron chi connectivity index (χ0n) is 9.58. The van der Waals surface area contributed by atoms with Gasteiger partial charge in [0.15, 0.2) is 11.5 Å². The van der Waals surface area contributed by atoms with Crippen LogP contribution < -0.4 is 9.47 Å². The van der Waals surface area contributed by atoms with E-state index < -0.39 is 5.97 Å². The second-order valence-corrected chi connectivity index (χ2v) is 3.90. The van der Waals surface area contributed by atoms with Crippen LogP contribution >= 0.6 is 0 Å². The standard InChI is InChI=1S/C12H10N2O4/c1-14-11(8(5-13-14)12(15)16)7-2-3-9-10(4-7)18-6-17-9/h2-5H,6H2,1H3,(H,15,16). The average molecular weight is 246 g/mol. The van der Waals surface area contributed by atoms with Crippen molar-refractivity contribution >= 4 is 5.97 Å². The molecule has 92 valence electrons. The summed E-state index contributed by atoms with van der Waals surface area (Å²) in [5, 5.41) is 13.1. The van der Waals surface area contributed by atoms with Gasteiger partial charge in [0.05, 0.1) is 11.9 Å². The van der Waals surface area contributed by atoms with E-state index in [9.17, 15) is 4.79 Å². The molecule has 2 heterocycles. The normalized spacial score (nSPS) is 12.7. The quantitative estimate of drug-likeness (QED) is 0.869. The predicted octanol–water partition coefficient (Wildman–Crippen LogP) is 1.51. The van der Waals surface area contributed by atoms with Crippen LogP contribution in [0.25, 0.3) is 11.3 Å². The van der Waals surface area contributed by atoms with E-state index in [1.54, 1.807) is 25.2 Å². The summed E-state index contributed by atoms with van der Waals surface area (Å²) in [4.78, 5) is 11.1. The minimum atomic E-state index is -1.00. The van der Waals surface area contributed by atoms with Crippen molar-refractivity contribution in [1.82, 2.24) is 9.78 Å². The smallest absolute Gasteiger partial charge is 0.339 e. The van der Waals surface area contributed by atoms with Gasteiger partial charge in [-0.25, -0.2) is 4.79 Å². The summed E-state index contributed by atoms with van der Waals surface area (Å²) in [7, 11) is 1.70. The molecule has 1 aromatic heterocycles. The maximum absolute atomic E-state index is 11.1. The molecule has 18 heavy (non-hydrogen) atoms. The summed E-state index contributed by atoms with van der Waals surface area (Å²) in [5.74, 6) is 0.276. The molecule has 0 fully saturated rings. The van der Waals surface area contributed by atoms with Crippen LogP contribution in [0.2, 0.25) is 0 Å². The van der Waals surface area contributed by atoms with Crippen molar-refractivity contribution in [2.75, 3.05) is 6.79 Å². The Bertz CT molecular complexity index is 633. The zero-order chi connectivity index (χ0) is 12.7. The van der Waals surface area contributed by atoms with Crippen LogP contribution in [0.1, 0.15) is 10.4 Å². The fraction of sp³-hybridized carbons (Fsp3) is 0.167. The monoisotopic (exact) mass is 246 g/mol. The first-order valence-corrected chi connectivity index (χ1v) is 5.32. The molecule has 6 nitrogen and oxygen atoms in total. The predicted molar refractivity (Wildman–Crippen MR) is 61.7 cm³/mol. The lowest BCUT2D eigenvalue weighted by Crippen LogP contribution is -2.00. The van der Waals surface area contributed by atoms with Gasteiger partial charge in [0, 0.05) is 12.6 Å². The van der Waals surface area contributed by atoms with E-state index in [1.165, 1.54) is 10.9 Å². The highest BCUT2D eigenvalue weighted by atomic mass is 16.7. The summed E-state index contributed by atoms with van der Waals surface area (Å²) in [6, 6.07) is 5.30. The maximum Gasteiger partial charge on any atom is 0.339 e. The lowest BCUT2D eigenvalue weighted by molar-refractivity contribution is 0.0697. The summed E-state index contributed by atoms with van der Waals surface area (Å²) >= 11 is 0. The number of nitrogens with zero attached hydrogens (tertiary/aromatic N) is 2. The van der Waals surface area contributed by atoms with Crippen LogP contribution in [0.3, 0.4) is 0 Å². The highest BCUT2D eigenvalue weighted by Gasteiger charge is 2.20. The van der Waals surface area contributed by atoms with Gasteiger partial charge in [-0.2, -0.15) is 5.10 Å². The van der Waals surface area contributed by atoms with Gasteiger partial charge in [-0.05, 0) is 18.2 Å². The van der Waals surface area contributed by atoms with Crippen molar-refractivity contribution < 1.29 is 19.4 Å². The van der Waals surface area contributed by atoms with Gasteiger partial charge in [0.1, 0.15) is 5.56 Å². The van der Waals surface area contributed by atoms with Crippen LogP contribution in [0, 0.1) is 0 Å². The molecule has 6 heteroatoms. The molecule has 1 aliphatic rings. The molecule has 3 rings (SSSR count). The van der Waals surface area contributed by atoms with Crippen molar-refractivity contribution in [3.05, 3.63) is 30.0 Å². The van der Waals surface area contributed by atoms with Gasteiger partial charge in [-0.1, -0.05) is 0 Å². The Balaban J connectivity index is 2.15. The van der Waals surface area contributed by atoms with Crippen LogP contribution in [-0.2, 0) is 7.05 Å². The van der Waals surface area contributed by atoms with E-state index in [-0.39, 0.29) is 12.4 Å². The summed E-state index contributed by atoms with van der Waals surface area (Å²) in [6.45, 7) is 0.190. The second kappa shape index (κ2) is 3.76. The van der Waals surface area contributed by atoms with Crippen molar-refractivity contribution in [2.45, 2.75) is 0 Å². The minimum absolute atomic E-state index is 0.163. The van der Waals surface area contributed by atoms with Crippen molar-refractivity contribution in [2.24, 2.45) is 7.05 Å². The Labute approximate surface area is 102 Å². The molecule has 1 aromatic carbocycles. The van der Waals surface area contributed by atoms with E-state index in [0.717, 1.165) is 5.56 Å². The van der Waals surface area contributed by atoms with E-state index in [2.05, 4.69) is 5.10 Å². The third-order valence-corrected chi connectivity index (χ3v) is 2.82. The molecule has 0 radical (unpaired) electrons. The van der Waals surface area contributed by atoms with Gasteiger partial charge in [0.2, 0.25) is 6.79 Å². The first-order chi connectivity index (χ1) is 8.66. The number of rotatable bonds is 2. The minimum Gasteiger partial charge on any atom is -0.478 e. The zero-order valence-corrected chi connectivity index (χ0v) is 9.58. The van der Waals surface area contributed by atoms with Crippen molar-refractivity contribution in [3.8, 4) is 22.8 Å². The number of fused-ring (bicyclic) bond motifs is 1. The van der Waals surface area contributed by atoms with E-state index in [4.69, 9.17) is 14.6 Å². The fourth-order valence-electron chi connectivity index (χ4n) is 1.98. The van der Waals surface area contributed by atoms with Gasteiger partial charge in [0.25, 0.3) is 0 Å². The van der Waals surface area contributed by atoms with Crippen LogP contribution in [0.5, 0.6) is 11.5 Å². The number of aromatic nitrogens is 2. The Morgan fingerprint density at radius 3 is 2.94 bits per heavy atom. The number of benzene rings is 1. The SMILES string of the molecule is Cn1ncc(C(=O)O)c1-c1ccc2c(c1)OCO2. The molecule has 0 atom stereocenters. The summed E-state index contributed by atoms with van der Waals surface area (Å²) < 4.78 is 12.0. The van der Waals surface area contributed by atoms with Gasteiger partial charge in [-0.3, -0.25) is 4.68 Å². The molecule has 0 spiro atoms. The molecule has 0 amide bonds.